The van der Waals surface area contributed by atoms with Crippen molar-refractivity contribution in [3.05, 3.63) is 23.8 Å². The third-order valence-electron chi connectivity index (χ3n) is 4.87. The number of carbonyl (C=O) groups excluding carboxylic acids is 1. The maximum absolute atomic E-state index is 12.2. The summed E-state index contributed by atoms with van der Waals surface area (Å²) in [6, 6.07) is 6.40. The Balaban J connectivity index is 1.43. The van der Waals surface area contributed by atoms with E-state index in [1.54, 1.807) is 14.2 Å². The third-order valence-corrected chi connectivity index (χ3v) is 4.87. The summed E-state index contributed by atoms with van der Waals surface area (Å²) < 4.78 is 16.4. The lowest BCUT2D eigenvalue weighted by Gasteiger charge is -2.33. The molecule has 6 nitrogen and oxygen atoms in total. The van der Waals surface area contributed by atoms with Gasteiger partial charge in [-0.05, 0) is 43.0 Å². The number of aryl methyl sites for hydroxylation is 1. The van der Waals surface area contributed by atoms with E-state index in [-0.39, 0.29) is 12.0 Å². The number of rotatable bonds is 8. The largest absolute Gasteiger partial charge is 0.497 e. The average molecular weight is 348 g/mol. The van der Waals surface area contributed by atoms with E-state index in [0.29, 0.717) is 19.4 Å². The van der Waals surface area contributed by atoms with Gasteiger partial charge in [-0.3, -0.25) is 9.69 Å². The van der Waals surface area contributed by atoms with Gasteiger partial charge in [0.25, 0.3) is 0 Å². The molecule has 2 aliphatic rings. The lowest BCUT2D eigenvalue weighted by molar-refractivity contribution is -0.122. The SMILES string of the molecule is COc1ccc(OC)c(CCC(=O)NC[C@H]2CN(C3CC3)CCO2)c1. The number of hydrogen-bond donors (Lipinski definition) is 1. The van der Waals surface area contributed by atoms with Gasteiger partial charge in [0.1, 0.15) is 11.5 Å². The summed E-state index contributed by atoms with van der Waals surface area (Å²) in [5, 5.41) is 3.01. The Morgan fingerprint density at radius 1 is 1.32 bits per heavy atom. The molecule has 1 aliphatic heterocycles. The molecule has 2 fully saturated rings. The van der Waals surface area contributed by atoms with Crippen LogP contribution in [0.3, 0.4) is 0 Å². The lowest BCUT2D eigenvalue weighted by Crippen LogP contribution is -2.48. The molecule has 0 spiro atoms. The van der Waals surface area contributed by atoms with E-state index in [0.717, 1.165) is 42.8 Å². The van der Waals surface area contributed by atoms with Crippen LogP contribution in [0.5, 0.6) is 11.5 Å². The Hall–Kier alpha value is -1.79. The molecule has 1 heterocycles. The maximum Gasteiger partial charge on any atom is 0.220 e. The number of nitrogens with zero attached hydrogens (tertiary/aromatic N) is 1. The van der Waals surface area contributed by atoms with Crippen LogP contribution in [-0.2, 0) is 16.0 Å². The Kier molecular flexibility index (Phi) is 6.15. The van der Waals surface area contributed by atoms with Crippen LogP contribution in [0.2, 0.25) is 0 Å². The van der Waals surface area contributed by atoms with E-state index < -0.39 is 0 Å². The minimum absolute atomic E-state index is 0.0389. The van der Waals surface area contributed by atoms with Gasteiger partial charge < -0.3 is 19.5 Å². The van der Waals surface area contributed by atoms with Crippen LogP contribution in [-0.4, -0.2) is 63.4 Å². The molecule has 0 aromatic heterocycles. The van der Waals surface area contributed by atoms with Crippen LogP contribution in [0.15, 0.2) is 18.2 Å². The van der Waals surface area contributed by atoms with Gasteiger partial charge in [-0.2, -0.15) is 0 Å². The fraction of sp³-hybridized carbons (Fsp3) is 0.632. The first kappa shape index (κ1) is 18.0. The molecule has 25 heavy (non-hydrogen) atoms. The third kappa shape index (κ3) is 5.09. The normalized spacial score (nSPS) is 21.0. The van der Waals surface area contributed by atoms with E-state index in [4.69, 9.17) is 14.2 Å². The van der Waals surface area contributed by atoms with Crippen molar-refractivity contribution in [3.8, 4) is 11.5 Å². The van der Waals surface area contributed by atoms with Crippen LogP contribution in [0.25, 0.3) is 0 Å². The highest BCUT2D eigenvalue weighted by Crippen LogP contribution is 2.28. The van der Waals surface area contributed by atoms with Gasteiger partial charge in [0.05, 0.1) is 26.9 Å². The van der Waals surface area contributed by atoms with Gasteiger partial charge in [-0.1, -0.05) is 0 Å². The molecular formula is C19H28N2O4. The smallest absolute Gasteiger partial charge is 0.220 e. The predicted molar refractivity (Wildman–Crippen MR) is 95.2 cm³/mol. The summed E-state index contributed by atoms with van der Waals surface area (Å²) >= 11 is 0. The molecule has 1 saturated heterocycles. The second-order valence-corrected chi connectivity index (χ2v) is 6.70. The van der Waals surface area contributed by atoms with Crippen LogP contribution in [0.4, 0.5) is 0 Å². The molecule has 1 saturated carbocycles. The number of benzene rings is 1. The highest BCUT2D eigenvalue weighted by Gasteiger charge is 2.32. The molecule has 1 aliphatic carbocycles. The zero-order valence-electron chi connectivity index (χ0n) is 15.1. The molecule has 138 valence electrons. The summed E-state index contributed by atoms with van der Waals surface area (Å²) in [6.45, 7) is 3.29. The highest BCUT2D eigenvalue weighted by atomic mass is 16.5. The first-order valence-electron chi connectivity index (χ1n) is 9.03. The van der Waals surface area contributed by atoms with Crippen molar-refractivity contribution >= 4 is 5.91 Å². The quantitative estimate of drug-likeness (QED) is 0.774. The molecule has 0 bridgehead atoms. The van der Waals surface area contributed by atoms with Crippen molar-refractivity contribution < 1.29 is 19.0 Å². The molecule has 1 aromatic rings. The molecular weight excluding hydrogens is 320 g/mol. The molecule has 1 N–H and O–H groups in total. The van der Waals surface area contributed by atoms with E-state index in [9.17, 15) is 4.79 Å². The number of carbonyl (C=O) groups is 1. The van der Waals surface area contributed by atoms with Crippen molar-refractivity contribution in [1.29, 1.82) is 0 Å². The molecule has 1 amide bonds. The van der Waals surface area contributed by atoms with E-state index in [1.807, 2.05) is 18.2 Å². The zero-order chi connectivity index (χ0) is 17.6. The van der Waals surface area contributed by atoms with Crippen molar-refractivity contribution in [2.45, 2.75) is 37.8 Å². The van der Waals surface area contributed by atoms with Gasteiger partial charge >= 0.3 is 0 Å². The Morgan fingerprint density at radius 3 is 2.88 bits per heavy atom. The van der Waals surface area contributed by atoms with Crippen LogP contribution in [0.1, 0.15) is 24.8 Å². The molecule has 0 radical (unpaired) electrons. The summed E-state index contributed by atoms with van der Waals surface area (Å²) in [5.41, 5.74) is 0.978. The van der Waals surface area contributed by atoms with Crippen molar-refractivity contribution in [3.63, 3.8) is 0 Å². The van der Waals surface area contributed by atoms with Crippen LogP contribution < -0.4 is 14.8 Å². The van der Waals surface area contributed by atoms with E-state index in [1.165, 1.54) is 12.8 Å². The summed E-state index contributed by atoms with van der Waals surface area (Å²) in [5.74, 6) is 1.59. The van der Waals surface area contributed by atoms with Crippen LogP contribution >= 0.6 is 0 Å². The molecule has 0 unspecified atom stereocenters. The molecule has 3 rings (SSSR count). The topological polar surface area (TPSA) is 60.0 Å². The number of hydrogen-bond acceptors (Lipinski definition) is 5. The van der Waals surface area contributed by atoms with Gasteiger partial charge in [0.2, 0.25) is 5.91 Å². The second kappa shape index (κ2) is 8.54. The Labute approximate surface area is 149 Å². The Morgan fingerprint density at radius 2 is 2.16 bits per heavy atom. The molecule has 1 aromatic carbocycles. The minimum atomic E-state index is 0.0389. The molecule has 1 atom stereocenters. The Bertz CT molecular complexity index is 589. The summed E-state index contributed by atoms with van der Waals surface area (Å²) in [4.78, 5) is 14.7. The maximum atomic E-state index is 12.2. The second-order valence-electron chi connectivity index (χ2n) is 6.70. The minimum Gasteiger partial charge on any atom is -0.497 e. The average Bonchev–Trinajstić information content (AvgIpc) is 3.50. The first-order chi connectivity index (χ1) is 12.2. The predicted octanol–water partition coefficient (Wildman–Crippen LogP) is 1.62. The summed E-state index contributed by atoms with van der Waals surface area (Å²) in [7, 11) is 3.27. The van der Waals surface area contributed by atoms with Gasteiger partial charge in [-0.25, -0.2) is 0 Å². The summed E-state index contributed by atoms with van der Waals surface area (Å²) in [6.07, 6.45) is 3.75. The monoisotopic (exact) mass is 348 g/mol. The van der Waals surface area contributed by atoms with Gasteiger partial charge in [-0.15, -0.1) is 0 Å². The number of morpholine rings is 1. The fourth-order valence-corrected chi connectivity index (χ4v) is 3.28. The number of nitrogens with one attached hydrogen (secondary N) is 1. The van der Waals surface area contributed by atoms with Crippen molar-refractivity contribution in [2.75, 3.05) is 40.5 Å². The van der Waals surface area contributed by atoms with E-state index >= 15 is 0 Å². The number of amides is 1. The first-order valence-corrected chi connectivity index (χ1v) is 9.03. The standard InChI is InChI=1S/C19H28N2O4/c1-23-16-6-7-18(24-2)14(11-16)3-8-19(22)20-12-17-13-21(9-10-25-17)15-4-5-15/h6-7,11,15,17H,3-5,8-10,12-13H2,1-2H3,(H,20,22)/t17-/m0/s1. The van der Waals surface area contributed by atoms with Gasteiger partial charge in [0.15, 0.2) is 0 Å². The van der Waals surface area contributed by atoms with Crippen molar-refractivity contribution in [1.82, 2.24) is 10.2 Å². The number of methoxy groups -OCH3 is 2. The zero-order valence-corrected chi connectivity index (χ0v) is 15.1. The number of ether oxygens (including phenoxy) is 3. The fourth-order valence-electron chi connectivity index (χ4n) is 3.28. The molecule has 6 heteroatoms. The van der Waals surface area contributed by atoms with Crippen LogP contribution in [0, 0.1) is 0 Å². The van der Waals surface area contributed by atoms with Gasteiger partial charge in [0, 0.05) is 32.1 Å². The van der Waals surface area contributed by atoms with Crippen molar-refractivity contribution in [2.24, 2.45) is 0 Å². The lowest BCUT2D eigenvalue weighted by atomic mass is 10.1. The van der Waals surface area contributed by atoms with E-state index in [2.05, 4.69) is 10.2 Å². The highest BCUT2D eigenvalue weighted by molar-refractivity contribution is 5.76.